The molecule has 1 aromatic rings. The lowest BCUT2D eigenvalue weighted by Gasteiger charge is -2.11. The van der Waals surface area contributed by atoms with E-state index in [1.165, 1.54) is 24.3 Å². The van der Waals surface area contributed by atoms with Gasteiger partial charge in [-0.25, -0.2) is 4.79 Å². The van der Waals surface area contributed by atoms with Crippen molar-refractivity contribution in [3.8, 4) is 0 Å². The number of aliphatic hydroxyl groups excluding tert-OH is 1. The number of hydrogen-bond acceptors (Lipinski definition) is 5. The number of aliphatic hydroxyl groups is 1. The van der Waals surface area contributed by atoms with Gasteiger partial charge in [-0.1, -0.05) is 12.1 Å². The fourth-order valence-corrected chi connectivity index (χ4v) is 1.52. The third-order valence-corrected chi connectivity index (χ3v) is 2.54. The highest BCUT2D eigenvalue weighted by Crippen LogP contribution is 2.13. The molecule has 0 unspecified atom stereocenters. The number of amides is 1. The average Bonchev–Trinajstić information content (AvgIpc) is 2.45. The smallest absolute Gasteiger partial charge is 0.326 e. The molecule has 0 bridgehead atoms. The molecule has 0 radical (unpaired) electrons. The summed E-state index contributed by atoms with van der Waals surface area (Å²) in [5, 5.41) is 30.3. The maximum Gasteiger partial charge on any atom is 0.326 e. The Kier molecular flexibility index (Phi) is 6.02. The number of nitrogens with one attached hydrogen (secondary N) is 1. The van der Waals surface area contributed by atoms with Crippen LogP contribution in [0.3, 0.4) is 0 Å². The first kappa shape index (κ1) is 16.3. The Balaban J connectivity index is 2.71. The van der Waals surface area contributed by atoms with Crippen molar-refractivity contribution in [1.82, 2.24) is 5.32 Å². The van der Waals surface area contributed by atoms with Crippen LogP contribution in [0, 0.1) is 10.1 Å². The Morgan fingerprint density at radius 3 is 2.71 bits per heavy atom. The van der Waals surface area contributed by atoms with Crippen LogP contribution in [-0.4, -0.2) is 39.7 Å². The topological polar surface area (TPSA) is 130 Å². The Bertz CT molecular complexity index is 570. The lowest BCUT2D eigenvalue weighted by atomic mass is 10.2. The molecule has 0 saturated carbocycles. The Morgan fingerprint density at radius 1 is 1.43 bits per heavy atom. The minimum atomic E-state index is -1.25. The fraction of sp³-hybridized carbons (Fsp3) is 0.231. The second-order valence-corrected chi connectivity index (χ2v) is 4.10. The zero-order valence-corrected chi connectivity index (χ0v) is 10.9. The summed E-state index contributed by atoms with van der Waals surface area (Å²) in [5.74, 6) is -1.91. The normalized spacial score (nSPS) is 12.0. The summed E-state index contributed by atoms with van der Waals surface area (Å²) in [4.78, 5) is 32.4. The monoisotopic (exact) mass is 294 g/mol. The highest BCUT2D eigenvalue weighted by Gasteiger charge is 2.17. The van der Waals surface area contributed by atoms with E-state index in [0.29, 0.717) is 5.56 Å². The SMILES string of the molecule is O=C(/C=C/c1cccc([N+](=O)[O-])c1)N[C@H](CCO)C(=O)O. The summed E-state index contributed by atoms with van der Waals surface area (Å²) >= 11 is 0. The summed E-state index contributed by atoms with van der Waals surface area (Å²) in [5.41, 5.74) is 0.328. The number of carboxylic acids is 1. The van der Waals surface area contributed by atoms with Gasteiger partial charge in [-0.05, 0) is 11.6 Å². The second-order valence-electron chi connectivity index (χ2n) is 4.10. The number of nitro benzene ring substituents is 1. The van der Waals surface area contributed by atoms with Crippen LogP contribution in [0.5, 0.6) is 0 Å². The first-order valence-corrected chi connectivity index (χ1v) is 6.00. The predicted molar refractivity (Wildman–Crippen MR) is 73.4 cm³/mol. The van der Waals surface area contributed by atoms with Gasteiger partial charge in [-0.3, -0.25) is 14.9 Å². The Hall–Kier alpha value is -2.74. The van der Waals surface area contributed by atoms with Gasteiger partial charge in [0.15, 0.2) is 0 Å². The molecule has 21 heavy (non-hydrogen) atoms. The molecule has 1 rings (SSSR count). The van der Waals surface area contributed by atoms with Crippen LogP contribution in [0.25, 0.3) is 6.08 Å². The van der Waals surface area contributed by atoms with Gasteiger partial charge in [0, 0.05) is 31.2 Å². The third kappa shape index (κ3) is 5.41. The van der Waals surface area contributed by atoms with Crippen LogP contribution >= 0.6 is 0 Å². The molecule has 0 aliphatic rings. The van der Waals surface area contributed by atoms with E-state index in [9.17, 15) is 19.7 Å². The summed E-state index contributed by atoms with van der Waals surface area (Å²) in [7, 11) is 0. The minimum absolute atomic E-state index is 0.105. The Labute approximate surface area is 119 Å². The number of non-ortho nitro benzene ring substituents is 1. The number of hydrogen-bond donors (Lipinski definition) is 3. The van der Waals surface area contributed by atoms with Gasteiger partial charge in [-0.15, -0.1) is 0 Å². The number of carboxylic acid groups (broad SMARTS) is 1. The van der Waals surface area contributed by atoms with Gasteiger partial charge in [0.25, 0.3) is 5.69 Å². The molecule has 0 saturated heterocycles. The maximum absolute atomic E-state index is 11.5. The Morgan fingerprint density at radius 2 is 2.14 bits per heavy atom. The van der Waals surface area contributed by atoms with Crippen LogP contribution in [0.2, 0.25) is 0 Å². The second kappa shape index (κ2) is 7.75. The first-order chi connectivity index (χ1) is 9.93. The summed E-state index contributed by atoms with van der Waals surface area (Å²) in [6, 6.07) is 4.46. The van der Waals surface area contributed by atoms with E-state index in [2.05, 4.69) is 5.32 Å². The molecule has 8 nitrogen and oxygen atoms in total. The van der Waals surface area contributed by atoms with Crippen LogP contribution in [0.15, 0.2) is 30.3 Å². The molecule has 0 fully saturated rings. The first-order valence-electron chi connectivity index (χ1n) is 6.00. The van der Waals surface area contributed by atoms with E-state index < -0.39 is 22.8 Å². The maximum atomic E-state index is 11.5. The molecule has 1 atom stereocenters. The number of aliphatic carboxylic acids is 1. The number of carbonyl (C=O) groups excluding carboxylic acids is 1. The molecule has 1 amide bonds. The highest BCUT2D eigenvalue weighted by atomic mass is 16.6. The largest absolute Gasteiger partial charge is 0.480 e. The molecule has 0 aromatic heterocycles. The third-order valence-electron chi connectivity index (χ3n) is 2.54. The molecule has 0 heterocycles. The molecule has 0 aliphatic carbocycles. The van der Waals surface area contributed by atoms with Crippen molar-refractivity contribution in [2.24, 2.45) is 0 Å². The molecule has 1 aromatic carbocycles. The quantitative estimate of drug-likeness (QED) is 0.382. The molecular formula is C13H14N2O6. The number of rotatable bonds is 7. The predicted octanol–water partition coefficient (Wildman–Crippen LogP) is 0.560. The van der Waals surface area contributed by atoms with Gasteiger partial charge in [-0.2, -0.15) is 0 Å². The molecule has 3 N–H and O–H groups in total. The zero-order valence-electron chi connectivity index (χ0n) is 10.9. The van der Waals surface area contributed by atoms with Gasteiger partial charge < -0.3 is 15.5 Å². The number of benzene rings is 1. The van der Waals surface area contributed by atoms with Crippen molar-refractivity contribution in [3.63, 3.8) is 0 Å². The minimum Gasteiger partial charge on any atom is -0.480 e. The lowest BCUT2D eigenvalue weighted by molar-refractivity contribution is -0.384. The van der Waals surface area contributed by atoms with E-state index in [1.54, 1.807) is 6.07 Å². The lowest BCUT2D eigenvalue weighted by Crippen LogP contribution is -2.40. The van der Waals surface area contributed by atoms with Gasteiger partial charge in [0.2, 0.25) is 5.91 Å². The van der Waals surface area contributed by atoms with Crippen molar-refractivity contribution in [1.29, 1.82) is 0 Å². The van der Waals surface area contributed by atoms with E-state index >= 15 is 0 Å². The van der Waals surface area contributed by atoms with Crippen molar-refractivity contribution >= 4 is 23.6 Å². The fourth-order valence-electron chi connectivity index (χ4n) is 1.52. The van der Waals surface area contributed by atoms with E-state index in [-0.39, 0.29) is 18.7 Å². The van der Waals surface area contributed by atoms with Gasteiger partial charge >= 0.3 is 5.97 Å². The van der Waals surface area contributed by atoms with Crippen LogP contribution in [-0.2, 0) is 9.59 Å². The van der Waals surface area contributed by atoms with Crippen molar-refractivity contribution in [2.75, 3.05) is 6.61 Å². The molecule has 0 spiro atoms. The van der Waals surface area contributed by atoms with Crippen LogP contribution in [0.1, 0.15) is 12.0 Å². The molecular weight excluding hydrogens is 280 g/mol. The van der Waals surface area contributed by atoms with Crippen molar-refractivity contribution in [3.05, 3.63) is 46.0 Å². The van der Waals surface area contributed by atoms with Crippen molar-refractivity contribution in [2.45, 2.75) is 12.5 Å². The van der Waals surface area contributed by atoms with Gasteiger partial charge in [0.1, 0.15) is 6.04 Å². The number of nitro groups is 1. The van der Waals surface area contributed by atoms with Crippen LogP contribution in [0.4, 0.5) is 5.69 Å². The van der Waals surface area contributed by atoms with Crippen LogP contribution < -0.4 is 5.32 Å². The summed E-state index contributed by atoms with van der Waals surface area (Å²) in [6.45, 7) is -0.369. The summed E-state index contributed by atoms with van der Waals surface area (Å²) in [6.07, 6.45) is 2.30. The van der Waals surface area contributed by atoms with E-state index in [1.807, 2.05) is 0 Å². The number of nitrogens with zero attached hydrogens (tertiary/aromatic N) is 1. The summed E-state index contributed by atoms with van der Waals surface area (Å²) < 4.78 is 0. The number of carbonyl (C=O) groups is 2. The average molecular weight is 294 g/mol. The molecule has 112 valence electrons. The molecule has 8 heteroatoms. The van der Waals surface area contributed by atoms with E-state index in [4.69, 9.17) is 10.2 Å². The highest BCUT2D eigenvalue weighted by molar-refractivity contribution is 5.94. The standard InChI is InChI=1S/C13H14N2O6/c16-7-6-11(13(18)19)14-12(17)5-4-9-2-1-3-10(8-9)15(20)21/h1-5,8,11,16H,6-7H2,(H,14,17)(H,18,19)/b5-4+/t11-/m1/s1. The van der Waals surface area contributed by atoms with Gasteiger partial charge in [0.05, 0.1) is 4.92 Å². The van der Waals surface area contributed by atoms with Crippen molar-refractivity contribution < 1.29 is 24.7 Å². The van der Waals surface area contributed by atoms with E-state index in [0.717, 1.165) is 6.08 Å². The zero-order chi connectivity index (χ0) is 15.8. The molecule has 0 aliphatic heterocycles.